The van der Waals surface area contributed by atoms with E-state index >= 15 is 0 Å². The minimum atomic E-state index is -0.299. The summed E-state index contributed by atoms with van der Waals surface area (Å²) in [5.74, 6) is -0.0575. The zero-order valence-corrected chi connectivity index (χ0v) is 18.6. The summed E-state index contributed by atoms with van der Waals surface area (Å²) in [7, 11) is 1.71. The molecule has 0 aliphatic heterocycles. The first-order valence-electron chi connectivity index (χ1n) is 9.99. The standard InChI is InChI=1S/C23H22BrN5O2/c1-28-22-20(21(24)27-28)23(31)29(15-26-22)14-19(30)25-13-12-18(16-8-4-2-5-9-16)17-10-6-3-7-11-17/h2-11,15,18H,12-14H2,1H3,(H,25,30). The summed E-state index contributed by atoms with van der Waals surface area (Å²) < 4.78 is 3.25. The molecule has 31 heavy (non-hydrogen) atoms. The molecule has 2 aromatic carbocycles. The Balaban J connectivity index is 1.44. The Morgan fingerprint density at radius 3 is 2.29 bits per heavy atom. The molecule has 0 atom stereocenters. The molecular weight excluding hydrogens is 458 g/mol. The van der Waals surface area contributed by atoms with Crippen molar-refractivity contribution in [2.24, 2.45) is 7.05 Å². The highest BCUT2D eigenvalue weighted by Gasteiger charge is 2.16. The first-order valence-corrected chi connectivity index (χ1v) is 10.8. The van der Waals surface area contributed by atoms with Gasteiger partial charge in [0, 0.05) is 19.5 Å². The van der Waals surface area contributed by atoms with Crippen LogP contribution in [0.25, 0.3) is 11.0 Å². The number of fused-ring (bicyclic) bond motifs is 1. The number of carbonyl (C=O) groups excluding carboxylic acids is 1. The van der Waals surface area contributed by atoms with Crippen molar-refractivity contribution in [1.29, 1.82) is 0 Å². The predicted molar refractivity (Wildman–Crippen MR) is 123 cm³/mol. The molecule has 4 aromatic rings. The van der Waals surface area contributed by atoms with E-state index in [0.717, 1.165) is 6.42 Å². The van der Waals surface area contributed by atoms with Crippen LogP contribution in [0.1, 0.15) is 23.5 Å². The molecule has 0 spiro atoms. The fraction of sp³-hybridized carbons (Fsp3) is 0.217. The molecule has 1 amide bonds. The van der Waals surface area contributed by atoms with Gasteiger partial charge in [-0.15, -0.1) is 0 Å². The fourth-order valence-corrected chi connectivity index (χ4v) is 4.30. The molecule has 158 valence electrons. The highest BCUT2D eigenvalue weighted by Crippen LogP contribution is 2.27. The smallest absolute Gasteiger partial charge is 0.266 e. The lowest BCUT2D eigenvalue weighted by Gasteiger charge is -2.18. The predicted octanol–water partition coefficient (Wildman–Crippen LogP) is 3.23. The van der Waals surface area contributed by atoms with Gasteiger partial charge in [0.05, 0.1) is 0 Å². The molecule has 0 bridgehead atoms. The molecule has 8 heteroatoms. The molecule has 0 fully saturated rings. The van der Waals surface area contributed by atoms with E-state index in [1.54, 1.807) is 7.05 Å². The third-order valence-electron chi connectivity index (χ3n) is 5.24. The van der Waals surface area contributed by atoms with Gasteiger partial charge in [0.1, 0.15) is 22.9 Å². The van der Waals surface area contributed by atoms with Crippen LogP contribution in [-0.4, -0.2) is 31.8 Å². The van der Waals surface area contributed by atoms with Gasteiger partial charge in [0.15, 0.2) is 5.65 Å². The Morgan fingerprint density at radius 1 is 1.06 bits per heavy atom. The minimum absolute atomic E-state index is 0.0928. The van der Waals surface area contributed by atoms with E-state index < -0.39 is 0 Å². The van der Waals surface area contributed by atoms with Crippen molar-refractivity contribution in [3.8, 4) is 0 Å². The highest BCUT2D eigenvalue weighted by molar-refractivity contribution is 9.10. The van der Waals surface area contributed by atoms with Crippen molar-refractivity contribution in [1.82, 2.24) is 24.6 Å². The third-order valence-corrected chi connectivity index (χ3v) is 5.80. The van der Waals surface area contributed by atoms with Crippen LogP contribution >= 0.6 is 15.9 Å². The lowest BCUT2D eigenvalue weighted by atomic mass is 9.88. The number of aryl methyl sites for hydroxylation is 1. The summed E-state index contributed by atoms with van der Waals surface area (Å²) in [5, 5.41) is 7.46. The highest BCUT2D eigenvalue weighted by atomic mass is 79.9. The summed E-state index contributed by atoms with van der Waals surface area (Å²) >= 11 is 3.29. The molecule has 0 radical (unpaired) electrons. The second kappa shape index (κ2) is 9.26. The van der Waals surface area contributed by atoms with Crippen LogP contribution in [0.15, 0.2) is 76.4 Å². The molecular formula is C23H22BrN5O2. The van der Waals surface area contributed by atoms with E-state index in [4.69, 9.17) is 0 Å². The van der Waals surface area contributed by atoms with Crippen molar-refractivity contribution < 1.29 is 4.79 Å². The largest absolute Gasteiger partial charge is 0.355 e. The second-order valence-electron chi connectivity index (χ2n) is 7.30. The summed E-state index contributed by atoms with van der Waals surface area (Å²) in [6.45, 7) is 0.402. The van der Waals surface area contributed by atoms with E-state index in [0.29, 0.717) is 22.2 Å². The van der Waals surface area contributed by atoms with Gasteiger partial charge in [0.2, 0.25) is 5.91 Å². The van der Waals surface area contributed by atoms with E-state index in [1.807, 2.05) is 36.4 Å². The van der Waals surface area contributed by atoms with Gasteiger partial charge in [-0.2, -0.15) is 5.10 Å². The van der Waals surface area contributed by atoms with Crippen molar-refractivity contribution >= 4 is 32.9 Å². The zero-order chi connectivity index (χ0) is 21.8. The Hall–Kier alpha value is -3.26. The van der Waals surface area contributed by atoms with E-state index in [1.165, 1.54) is 26.7 Å². The Morgan fingerprint density at radius 2 is 1.68 bits per heavy atom. The molecule has 0 saturated heterocycles. The summed E-state index contributed by atoms with van der Waals surface area (Å²) in [5.41, 5.74) is 2.58. The lowest BCUT2D eigenvalue weighted by molar-refractivity contribution is -0.121. The number of benzene rings is 2. The van der Waals surface area contributed by atoms with E-state index in [2.05, 4.69) is 55.6 Å². The molecule has 4 rings (SSSR count). The molecule has 2 aromatic heterocycles. The fourth-order valence-electron chi connectivity index (χ4n) is 3.71. The zero-order valence-electron chi connectivity index (χ0n) is 17.0. The Kier molecular flexibility index (Phi) is 6.27. The topological polar surface area (TPSA) is 81.8 Å². The van der Waals surface area contributed by atoms with Crippen LogP contribution in [0.2, 0.25) is 0 Å². The number of hydrogen-bond acceptors (Lipinski definition) is 4. The average Bonchev–Trinajstić information content (AvgIpc) is 3.08. The number of carbonyl (C=O) groups is 1. The first-order chi connectivity index (χ1) is 15.0. The summed E-state index contributed by atoms with van der Waals surface area (Å²) in [4.78, 5) is 29.5. The van der Waals surface area contributed by atoms with Crippen molar-refractivity contribution in [3.63, 3.8) is 0 Å². The molecule has 0 aliphatic carbocycles. The number of hydrogen-bond donors (Lipinski definition) is 1. The maximum absolute atomic E-state index is 12.7. The van der Waals surface area contributed by atoms with E-state index in [9.17, 15) is 9.59 Å². The van der Waals surface area contributed by atoms with Gasteiger partial charge in [-0.05, 0) is 33.5 Å². The van der Waals surface area contributed by atoms with Crippen LogP contribution in [0.4, 0.5) is 0 Å². The molecule has 1 N–H and O–H groups in total. The molecule has 7 nitrogen and oxygen atoms in total. The van der Waals surface area contributed by atoms with Crippen LogP contribution in [0, 0.1) is 0 Å². The monoisotopic (exact) mass is 479 g/mol. The molecule has 2 heterocycles. The number of rotatable bonds is 7. The van der Waals surface area contributed by atoms with Crippen LogP contribution in [0.5, 0.6) is 0 Å². The third kappa shape index (κ3) is 4.59. The van der Waals surface area contributed by atoms with Gasteiger partial charge < -0.3 is 5.32 Å². The minimum Gasteiger partial charge on any atom is -0.355 e. The number of nitrogens with one attached hydrogen (secondary N) is 1. The quantitative estimate of drug-likeness (QED) is 0.441. The van der Waals surface area contributed by atoms with E-state index in [-0.39, 0.29) is 23.9 Å². The van der Waals surface area contributed by atoms with Crippen molar-refractivity contribution in [3.05, 3.63) is 93.1 Å². The van der Waals surface area contributed by atoms with Gasteiger partial charge in [-0.3, -0.25) is 14.2 Å². The van der Waals surface area contributed by atoms with Crippen LogP contribution < -0.4 is 10.9 Å². The van der Waals surface area contributed by atoms with Gasteiger partial charge in [-0.25, -0.2) is 9.67 Å². The lowest BCUT2D eigenvalue weighted by Crippen LogP contribution is -2.33. The van der Waals surface area contributed by atoms with Crippen LogP contribution in [-0.2, 0) is 18.4 Å². The van der Waals surface area contributed by atoms with Gasteiger partial charge >= 0.3 is 0 Å². The van der Waals surface area contributed by atoms with Crippen molar-refractivity contribution in [2.45, 2.75) is 18.9 Å². The molecule has 0 unspecified atom stereocenters. The maximum Gasteiger partial charge on any atom is 0.266 e. The maximum atomic E-state index is 12.7. The number of halogens is 1. The normalized spacial score (nSPS) is 11.2. The second-order valence-corrected chi connectivity index (χ2v) is 8.05. The number of aromatic nitrogens is 4. The molecule has 0 aliphatic rings. The Bertz CT molecular complexity index is 1210. The molecule has 0 saturated carbocycles. The summed E-state index contributed by atoms with van der Waals surface area (Å²) in [6.07, 6.45) is 2.13. The Labute approximate surface area is 187 Å². The SMILES string of the molecule is Cn1nc(Br)c2c(=O)n(CC(=O)NCCC(c3ccccc3)c3ccccc3)cnc21. The van der Waals surface area contributed by atoms with Crippen molar-refractivity contribution in [2.75, 3.05) is 6.54 Å². The summed E-state index contributed by atoms with van der Waals surface area (Å²) in [6, 6.07) is 20.5. The van der Waals surface area contributed by atoms with Gasteiger partial charge in [-0.1, -0.05) is 60.7 Å². The van der Waals surface area contributed by atoms with Crippen LogP contribution in [0.3, 0.4) is 0 Å². The number of amides is 1. The number of nitrogens with zero attached hydrogens (tertiary/aromatic N) is 4. The first kappa shape index (κ1) is 21.0. The van der Waals surface area contributed by atoms with Gasteiger partial charge in [0.25, 0.3) is 5.56 Å². The average molecular weight is 480 g/mol.